The molecule has 0 N–H and O–H groups in total. The van der Waals surface area contributed by atoms with Crippen LogP contribution in [0.5, 0.6) is 0 Å². The van der Waals surface area contributed by atoms with Crippen molar-refractivity contribution in [2.24, 2.45) is 0 Å². The van der Waals surface area contributed by atoms with E-state index in [9.17, 15) is 9.59 Å². The lowest BCUT2D eigenvalue weighted by molar-refractivity contribution is -0.139. The van der Waals surface area contributed by atoms with Crippen LogP contribution >= 0.6 is 11.8 Å². The van der Waals surface area contributed by atoms with Crippen molar-refractivity contribution in [3.05, 3.63) is 0 Å². The summed E-state index contributed by atoms with van der Waals surface area (Å²) in [7, 11) is 1.47. The lowest BCUT2D eigenvalue weighted by Crippen LogP contribution is -2.12. The van der Waals surface area contributed by atoms with Crippen molar-refractivity contribution in [2.45, 2.75) is 6.92 Å². The van der Waals surface area contributed by atoms with Gasteiger partial charge < -0.3 is 9.47 Å². The number of carbonyl (C=O) groups excluding carboxylic acids is 2. The molecule has 0 aromatic carbocycles. The highest BCUT2D eigenvalue weighted by Crippen LogP contribution is 2.00. The van der Waals surface area contributed by atoms with Gasteiger partial charge in [0.25, 0.3) is 0 Å². The number of Topliss-reactive ketones (excluding diaryl/α,β-unsaturated/α-hetero) is 1. The van der Waals surface area contributed by atoms with Crippen molar-refractivity contribution in [1.29, 1.82) is 0 Å². The van der Waals surface area contributed by atoms with Crippen molar-refractivity contribution in [3.63, 3.8) is 0 Å². The molecule has 0 saturated carbocycles. The Morgan fingerprint density at radius 3 is 2.54 bits per heavy atom. The van der Waals surface area contributed by atoms with Crippen molar-refractivity contribution in [2.75, 3.05) is 31.8 Å². The Hall–Kier alpha value is -0.550. The molecule has 0 aliphatic heterocycles. The summed E-state index contributed by atoms with van der Waals surface area (Å²) in [6, 6.07) is 0. The van der Waals surface area contributed by atoms with E-state index in [0.717, 1.165) is 0 Å². The summed E-state index contributed by atoms with van der Waals surface area (Å²) in [5, 5.41) is 0. The van der Waals surface area contributed by atoms with Gasteiger partial charge in [-0.3, -0.25) is 9.59 Å². The number of methoxy groups -OCH3 is 1. The maximum absolute atomic E-state index is 10.9. The highest BCUT2D eigenvalue weighted by molar-refractivity contribution is 8.00. The second-order valence-electron chi connectivity index (χ2n) is 2.27. The first kappa shape index (κ1) is 12.4. The second-order valence-corrected chi connectivity index (χ2v) is 3.26. The van der Waals surface area contributed by atoms with Crippen LogP contribution in [0.15, 0.2) is 0 Å². The first-order chi connectivity index (χ1) is 6.20. The summed E-state index contributed by atoms with van der Waals surface area (Å²) in [5.74, 6) is 0.227. The van der Waals surface area contributed by atoms with E-state index in [1.165, 1.54) is 18.9 Å². The molecule has 4 nitrogen and oxygen atoms in total. The van der Waals surface area contributed by atoms with Crippen molar-refractivity contribution in [3.8, 4) is 0 Å². The molecule has 0 aromatic heterocycles. The van der Waals surface area contributed by atoms with Gasteiger partial charge in [0.2, 0.25) is 0 Å². The zero-order chi connectivity index (χ0) is 10.1. The zero-order valence-electron chi connectivity index (χ0n) is 7.87. The minimum Gasteiger partial charge on any atom is -0.465 e. The molecule has 0 aromatic rings. The van der Waals surface area contributed by atoms with E-state index in [0.29, 0.717) is 12.4 Å². The molecule has 0 unspecified atom stereocenters. The van der Waals surface area contributed by atoms with E-state index in [2.05, 4.69) is 9.47 Å². The number of hydrogen-bond acceptors (Lipinski definition) is 5. The van der Waals surface area contributed by atoms with Gasteiger partial charge in [-0.1, -0.05) is 0 Å². The van der Waals surface area contributed by atoms with Gasteiger partial charge in [0.05, 0.1) is 18.1 Å². The fourth-order valence-corrected chi connectivity index (χ4v) is 1.32. The van der Waals surface area contributed by atoms with Gasteiger partial charge in [0.15, 0.2) is 5.78 Å². The van der Waals surface area contributed by atoms with E-state index in [4.69, 9.17) is 0 Å². The molecule has 0 radical (unpaired) electrons. The van der Waals surface area contributed by atoms with Crippen LogP contribution in [-0.4, -0.2) is 43.6 Å². The van der Waals surface area contributed by atoms with Gasteiger partial charge in [0, 0.05) is 7.11 Å². The van der Waals surface area contributed by atoms with Gasteiger partial charge in [-0.25, -0.2) is 0 Å². The van der Waals surface area contributed by atoms with Gasteiger partial charge in [-0.15, -0.1) is 11.8 Å². The highest BCUT2D eigenvalue weighted by Gasteiger charge is 2.05. The average Bonchev–Trinajstić information content (AvgIpc) is 2.05. The molecule has 0 rings (SSSR count). The molecule has 0 heterocycles. The van der Waals surface area contributed by atoms with Gasteiger partial charge >= 0.3 is 5.97 Å². The van der Waals surface area contributed by atoms with E-state index in [1.807, 2.05) is 0 Å². The van der Waals surface area contributed by atoms with Crippen molar-refractivity contribution < 1.29 is 19.1 Å². The molecule has 0 saturated heterocycles. The normalized spacial score (nSPS) is 9.69. The standard InChI is InChI=1S/C8H14O4S/c1-3-12-8(10)6-13-5-7(9)4-11-2/h3-6H2,1-2H3. The fourth-order valence-electron chi connectivity index (χ4n) is 0.654. The predicted molar refractivity (Wildman–Crippen MR) is 50.8 cm³/mol. The zero-order valence-corrected chi connectivity index (χ0v) is 8.69. The van der Waals surface area contributed by atoms with Gasteiger partial charge in [0.1, 0.15) is 6.61 Å². The smallest absolute Gasteiger partial charge is 0.315 e. The van der Waals surface area contributed by atoms with Crippen LogP contribution < -0.4 is 0 Å². The average molecular weight is 206 g/mol. The quantitative estimate of drug-likeness (QED) is 0.568. The van der Waals surface area contributed by atoms with E-state index < -0.39 is 0 Å². The summed E-state index contributed by atoms with van der Waals surface area (Å²) in [6.45, 7) is 2.24. The van der Waals surface area contributed by atoms with Gasteiger partial charge in [-0.05, 0) is 6.92 Å². The molecule has 0 aliphatic carbocycles. The topological polar surface area (TPSA) is 52.6 Å². The lowest BCUT2D eigenvalue weighted by atomic mass is 10.5. The van der Waals surface area contributed by atoms with Crippen molar-refractivity contribution >= 4 is 23.5 Å². The van der Waals surface area contributed by atoms with Gasteiger partial charge in [-0.2, -0.15) is 0 Å². The summed E-state index contributed by atoms with van der Waals surface area (Å²) < 4.78 is 9.31. The largest absolute Gasteiger partial charge is 0.465 e. The molecule has 0 atom stereocenters. The lowest BCUT2D eigenvalue weighted by Gasteiger charge is -2.00. The second kappa shape index (κ2) is 8.07. The number of esters is 1. The maximum atomic E-state index is 10.9. The molecule has 0 aliphatic rings. The molecule has 0 bridgehead atoms. The predicted octanol–water partition coefficient (Wildman–Crippen LogP) is 0.498. The molecule has 13 heavy (non-hydrogen) atoms. The molecular formula is C8H14O4S. The Balaban J connectivity index is 3.33. The number of hydrogen-bond donors (Lipinski definition) is 0. The molecule has 0 amide bonds. The van der Waals surface area contributed by atoms with E-state index >= 15 is 0 Å². The molecule has 0 fully saturated rings. The number of ketones is 1. The third-order valence-corrected chi connectivity index (χ3v) is 2.06. The van der Waals surface area contributed by atoms with Crippen LogP contribution in [0.1, 0.15) is 6.92 Å². The monoisotopic (exact) mass is 206 g/mol. The van der Waals surface area contributed by atoms with Crippen LogP contribution in [0.3, 0.4) is 0 Å². The summed E-state index contributed by atoms with van der Waals surface area (Å²) in [4.78, 5) is 21.7. The van der Waals surface area contributed by atoms with Crippen LogP contribution in [0.4, 0.5) is 0 Å². The first-order valence-electron chi connectivity index (χ1n) is 3.94. The van der Waals surface area contributed by atoms with Crippen LogP contribution in [-0.2, 0) is 19.1 Å². The first-order valence-corrected chi connectivity index (χ1v) is 5.10. The number of carbonyl (C=O) groups is 2. The minimum atomic E-state index is -0.280. The molecular weight excluding hydrogens is 192 g/mol. The van der Waals surface area contributed by atoms with Crippen LogP contribution in [0.25, 0.3) is 0 Å². The minimum absolute atomic E-state index is 0.0169. The highest BCUT2D eigenvalue weighted by atomic mass is 32.2. The Bertz CT molecular complexity index is 152. The Morgan fingerprint density at radius 2 is 2.00 bits per heavy atom. The number of thioether (sulfide) groups is 1. The summed E-state index contributed by atoms with van der Waals surface area (Å²) >= 11 is 1.25. The van der Waals surface area contributed by atoms with E-state index in [1.54, 1.807) is 6.92 Å². The number of rotatable bonds is 7. The third kappa shape index (κ3) is 7.80. The Labute approximate surface area is 82.0 Å². The maximum Gasteiger partial charge on any atom is 0.315 e. The molecule has 0 spiro atoms. The van der Waals surface area contributed by atoms with Crippen LogP contribution in [0, 0.1) is 0 Å². The molecule has 5 heteroatoms. The Morgan fingerprint density at radius 1 is 1.31 bits per heavy atom. The van der Waals surface area contributed by atoms with E-state index in [-0.39, 0.29) is 24.1 Å². The Kier molecular flexibility index (Phi) is 7.73. The fraction of sp³-hybridized carbons (Fsp3) is 0.750. The summed E-state index contributed by atoms with van der Waals surface area (Å²) in [5.41, 5.74) is 0. The van der Waals surface area contributed by atoms with Crippen molar-refractivity contribution in [1.82, 2.24) is 0 Å². The summed E-state index contributed by atoms with van der Waals surface area (Å²) in [6.07, 6.45) is 0. The number of ether oxygens (including phenoxy) is 2. The van der Waals surface area contributed by atoms with Crippen LogP contribution in [0.2, 0.25) is 0 Å². The third-order valence-electron chi connectivity index (χ3n) is 1.09. The SMILES string of the molecule is CCOC(=O)CSCC(=O)COC. The molecule has 76 valence electrons.